The molecule has 0 radical (unpaired) electrons. The molecule has 0 fully saturated rings. The van der Waals surface area contributed by atoms with Crippen molar-refractivity contribution in [3.05, 3.63) is 78.6 Å². The van der Waals surface area contributed by atoms with Gasteiger partial charge in [-0.3, -0.25) is 0 Å². The van der Waals surface area contributed by atoms with Crippen molar-refractivity contribution >= 4 is 34.1 Å². The van der Waals surface area contributed by atoms with Crippen LogP contribution in [0.5, 0.6) is 5.75 Å². The van der Waals surface area contributed by atoms with Gasteiger partial charge in [0, 0.05) is 30.5 Å². The van der Waals surface area contributed by atoms with Crippen molar-refractivity contribution in [2.45, 2.75) is 13.1 Å². The van der Waals surface area contributed by atoms with E-state index in [2.05, 4.69) is 32.2 Å². The van der Waals surface area contributed by atoms with Gasteiger partial charge in [-0.1, -0.05) is 30.3 Å². The molecular formula is C24H23N5O2. The summed E-state index contributed by atoms with van der Waals surface area (Å²) in [7, 11) is 1.61. The van der Waals surface area contributed by atoms with Crippen LogP contribution in [0.25, 0.3) is 11.0 Å². The van der Waals surface area contributed by atoms with E-state index in [4.69, 9.17) is 9.72 Å². The van der Waals surface area contributed by atoms with Gasteiger partial charge in [0.05, 0.1) is 30.4 Å². The molecule has 156 valence electrons. The lowest BCUT2D eigenvalue weighted by molar-refractivity contribution is 0.262. The predicted octanol–water partition coefficient (Wildman–Crippen LogP) is 4.71. The molecule has 5 rings (SSSR count). The van der Waals surface area contributed by atoms with Crippen LogP contribution in [0.3, 0.4) is 0 Å². The Labute approximate surface area is 180 Å². The first-order valence-corrected chi connectivity index (χ1v) is 10.2. The number of methoxy groups -OCH3 is 1. The molecule has 0 aliphatic carbocycles. The maximum atomic E-state index is 12.4. The molecule has 7 nitrogen and oxygen atoms in total. The zero-order valence-electron chi connectivity index (χ0n) is 17.2. The van der Waals surface area contributed by atoms with Gasteiger partial charge in [0.1, 0.15) is 11.6 Å². The Morgan fingerprint density at radius 3 is 2.61 bits per heavy atom. The van der Waals surface area contributed by atoms with E-state index in [-0.39, 0.29) is 6.03 Å². The van der Waals surface area contributed by atoms with E-state index in [1.165, 1.54) is 5.52 Å². The summed E-state index contributed by atoms with van der Waals surface area (Å²) in [6.07, 6.45) is 0. The van der Waals surface area contributed by atoms with Crippen molar-refractivity contribution < 1.29 is 9.53 Å². The van der Waals surface area contributed by atoms with Crippen molar-refractivity contribution in [3.8, 4) is 5.75 Å². The number of anilines is 3. The number of nitrogens with zero attached hydrogens (tertiary/aromatic N) is 3. The average molecular weight is 413 g/mol. The topological polar surface area (TPSA) is 71.4 Å². The molecule has 0 saturated carbocycles. The summed E-state index contributed by atoms with van der Waals surface area (Å²) in [5.74, 6) is 1.66. The van der Waals surface area contributed by atoms with E-state index in [1.807, 2.05) is 60.7 Å². The molecule has 2 heterocycles. The third-order valence-electron chi connectivity index (χ3n) is 5.49. The average Bonchev–Trinajstić information content (AvgIpc) is 3.18. The second-order valence-corrected chi connectivity index (χ2v) is 7.42. The third-order valence-corrected chi connectivity index (χ3v) is 5.49. The van der Waals surface area contributed by atoms with Crippen molar-refractivity contribution in [1.29, 1.82) is 0 Å². The van der Waals surface area contributed by atoms with Gasteiger partial charge >= 0.3 is 6.03 Å². The van der Waals surface area contributed by atoms with Crippen molar-refractivity contribution in [2.24, 2.45) is 0 Å². The van der Waals surface area contributed by atoms with E-state index in [0.29, 0.717) is 11.4 Å². The normalized spacial score (nSPS) is 13.0. The Morgan fingerprint density at radius 2 is 1.77 bits per heavy atom. The van der Waals surface area contributed by atoms with E-state index in [1.54, 1.807) is 7.11 Å². The zero-order chi connectivity index (χ0) is 21.2. The Hall–Kier alpha value is -4.00. The van der Waals surface area contributed by atoms with Crippen LogP contribution in [0.15, 0.2) is 72.8 Å². The molecule has 1 aliphatic rings. The van der Waals surface area contributed by atoms with E-state index in [9.17, 15) is 4.79 Å². The number of para-hydroxylation sites is 3. The fourth-order valence-electron chi connectivity index (χ4n) is 3.97. The van der Waals surface area contributed by atoms with Crippen LogP contribution in [-0.2, 0) is 13.1 Å². The molecule has 0 bridgehead atoms. The first kappa shape index (κ1) is 19.0. The van der Waals surface area contributed by atoms with Gasteiger partial charge in [0.25, 0.3) is 0 Å². The Morgan fingerprint density at radius 1 is 0.968 bits per heavy atom. The highest BCUT2D eigenvalue weighted by atomic mass is 16.5. The largest absolute Gasteiger partial charge is 0.494 e. The number of fused-ring (bicyclic) bond motifs is 3. The molecule has 0 atom stereocenters. The second kappa shape index (κ2) is 8.02. The molecule has 2 N–H and O–H groups in total. The van der Waals surface area contributed by atoms with Gasteiger partial charge in [0.15, 0.2) is 0 Å². The zero-order valence-corrected chi connectivity index (χ0v) is 17.2. The van der Waals surface area contributed by atoms with Gasteiger partial charge in [-0.2, -0.15) is 0 Å². The molecule has 2 amide bonds. The summed E-state index contributed by atoms with van der Waals surface area (Å²) in [6, 6.07) is 23.1. The fraction of sp³-hybridized carbons (Fsp3) is 0.167. The lowest BCUT2D eigenvalue weighted by atomic mass is 10.2. The first-order valence-electron chi connectivity index (χ1n) is 10.2. The monoisotopic (exact) mass is 413 g/mol. The highest BCUT2D eigenvalue weighted by molar-refractivity contribution is 6.00. The standard InChI is InChI=1S/C24H23N5O2/c1-31-22-15-18(11-12-20(22)27-24(30)25-17-7-3-2-4-8-17)28-13-14-29-21-10-6-5-9-19(21)26-23(29)16-28/h2-12,15H,13-14,16H2,1H3,(H2,25,27,30). The van der Waals surface area contributed by atoms with Crippen LogP contribution < -0.4 is 20.3 Å². The Kier molecular flexibility index (Phi) is 4.92. The minimum atomic E-state index is -0.316. The number of carbonyl (C=O) groups excluding carboxylic acids is 1. The predicted molar refractivity (Wildman–Crippen MR) is 123 cm³/mol. The molecule has 31 heavy (non-hydrogen) atoms. The van der Waals surface area contributed by atoms with E-state index >= 15 is 0 Å². The number of imidazole rings is 1. The SMILES string of the molecule is COc1cc(N2CCn3c(nc4ccccc43)C2)ccc1NC(=O)Nc1ccccc1. The molecule has 0 unspecified atom stereocenters. The Balaban J connectivity index is 1.33. The lowest BCUT2D eigenvalue weighted by Crippen LogP contribution is -2.33. The van der Waals surface area contributed by atoms with Crippen molar-refractivity contribution in [1.82, 2.24) is 9.55 Å². The summed E-state index contributed by atoms with van der Waals surface area (Å²) in [5, 5.41) is 5.68. The lowest BCUT2D eigenvalue weighted by Gasteiger charge is -2.30. The molecule has 1 aromatic heterocycles. The number of amides is 2. The second-order valence-electron chi connectivity index (χ2n) is 7.42. The van der Waals surface area contributed by atoms with Crippen LogP contribution >= 0.6 is 0 Å². The number of hydrogen-bond acceptors (Lipinski definition) is 4. The maximum Gasteiger partial charge on any atom is 0.323 e. The quantitative estimate of drug-likeness (QED) is 0.508. The summed E-state index contributed by atoms with van der Waals surface area (Å²) in [5.41, 5.74) is 4.58. The third kappa shape index (κ3) is 3.77. The van der Waals surface area contributed by atoms with Crippen LogP contribution in [0.1, 0.15) is 5.82 Å². The van der Waals surface area contributed by atoms with Gasteiger partial charge < -0.3 is 24.8 Å². The Bertz CT molecular complexity index is 1240. The summed E-state index contributed by atoms with van der Waals surface area (Å²) in [6.45, 7) is 2.47. The number of carbonyl (C=O) groups is 1. The van der Waals surface area contributed by atoms with Crippen molar-refractivity contribution in [3.63, 3.8) is 0 Å². The fourth-order valence-corrected chi connectivity index (χ4v) is 3.97. The summed E-state index contributed by atoms with van der Waals surface area (Å²) >= 11 is 0. The highest BCUT2D eigenvalue weighted by Crippen LogP contribution is 2.32. The molecule has 0 saturated heterocycles. The number of benzene rings is 3. The number of ether oxygens (including phenoxy) is 1. The molecular weight excluding hydrogens is 390 g/mol. The molecule has 7 heteroatoms. The number of rotatable bonds is 4. The molecule has 3 aromatic carbocycles. The van der Waals surface area contributed by atoms with Gasteiger partial charge in [-0.15, -0.1) is 0 Å². The maximum absolute atomic E-state index is 12.4. The molecule has 4 aromatic rings. The summed E-state index contributed by atoms with van der Waals surface area (Å²) < 4.78 is 7.84. The smallest absolute Gasteiger partial charge is 0.323 e. The summed E-state index contributed by atoms with van der Waals surface area (Å²) in [4.78, 5) is 19.4. The van der Waals surface area contributed by atoms with Gasteiger partial charge in [-0.25, -0.2) is 9.78 Å². The van der Waals surface area contributed by atoms with Crippen LogP contribution in [0.4, 0.5) is 21.9 Å². The minimum Gasteiger partial charge on any atom is -0.494 e. The van der Waals surface area contributed by atoms with Crippen LogP contribution in [0, 0.1) is 0 Å². The van der Waals surface area contributed by atoms with Gasteiger partial charge in [-0.05, 0) is 36.4 Å². The van der Waals surface area contributed by atoms with Crippen LogP contribution in [-0.4, -0.2) is 29.2 Å². The first-order chi connectivity index (χ1) is 15.2. The van der Waals surface area contributed by atoms with Crippen LogP contribution in [0.2, 0.25) is 0 Å². The van der Waals surface area contributed by atoms with Crippen molar-refractivity contribution in [2.75, 3.05) is 29.2 Å². The van der Waals surface area contributed by atoms with E-state index < -0.39 is 0 Å². The number of nitrogens with one attached hydrogen (secondary N) is 2. The number of aromatic nitrogens is 2. The number of urea groups is 1. The molecule has 1 aliphatic heterocycles. The number of hydrogen-bond donors (Lipinski definition) is 2. The van der Waals surface area contributed by atoms with E-state index in [0.717, 1.165) is 42.4 Å². The van der Waals surface area contributed by atoms with Gasteiger partial charge in [0.2, 0.25) is 0 Å². The minimum absolute atomic E-state index is 0.316. The molecule has 0 spiro atoms. The highest BCUT2D eigenvalue weighted by Gasteiger charge is 2.21.